The zero-order valence-electron chi connectivity index (χ0n) is 20.4. The van der Waals surface area contributed by atoms with E-state index in [4.69, 9.17) is 4.84 Å². The summed E-state index contributed by atoms with van der Waals surface area (Å²) >= 11 is 0. The highest BCUT2D eigenvalue weighted by molar-refractivity contribution is 6.00. The normalized spacial score (nSPS) is 23.5. The Morgan fingerprint density at radius 3 is 2.85 bits per heavy atom. The van der Waals surface area contributed by atoms with Crippen molar-refractivity contribution >= 4 is 5.71 Å². The van der Waals surface area contributed by atoms with Gasteiger partial charge in [-0.3, -0.25) is 0 Å². The summed E-state index contributed by atoms with van der Waals surface area (Å²) in [6.45, 7) is 8.87. The molecule has 7 nitrogen and oxygen atoms in total. The molecule has 1 aromatic carbocycles. The summed E-state index contributed by atoms with van der Waals surface area (Å²) in [5.41, 5.74) is 7.15. The third kappa shape index (κ3) is 3.69. The maximum Gasteiger partial charge on any atom is 0.368 e. The van der Waals surface area contributed by atoms with Crippen LogP contribution in [-0.2, 0) is 18.5 Å². The number of oxime groups is 1. The predicted molar refractivity (Wildman–Crippen MR) is 133 cm³/mol. The molecule has 1 fully saturated rings. The molecule has 0 spiro atoms. The summed E-state index contributed by atoms with van der Waals surface area (Å²) in [5, 5.41) is 12.3. The molecule has 1 aromatic heterocycles. The van der Waals surface area contributed by atoms with Crippen LogP contribution in [0.1, 0.15) is 38.3 Å². The van der Waals surface area contributed by atoms with E-state index in [1.807, 2.05) is 32.0 Å². The zero-order valence-corrected chi connectivity index (χ0v) is 20.4. The first-order valence-electron chi connectivity index (χ1n) is 11.9. The van der Waals surface area contributed by atoms with E-state index >= 15 is 0 Å². The first-order chi connectivity index (χ1) is 16.4. The van der Waals surface area contributed by atoms with E-state index in [1.54, 1.807) is 12.6 Å². The molecule has 0 amide bonds. The van der Waals surface area contributed by atoms with Crippen molar-refractivity contribution in [2.24, 2.45) is 35.9 Å². The van der Waals surface area contributed by atoms with Gasteiger partial charge in [-0.2, -0.15) is 9.36 Å². The van der Waals surface area contributed by atoms with Gasteiger partial charge in [-0.15, -0.1) is 0 Å². The average molecular weight is 458 g/mol. The van der Waals surface area contributed by atoms with E-state index in [2.05, 4.69) is 59.8 Å². The maximum absolute atomic E-state index is 12.4. The molecule has 5 rings (SSSR count). The van der Waals surface area contributed by atoms with Crippen LogP contribution >= 0.6 is 0 Å². The summed E-state index contributed by atoms with van der Waals surface area (Å²) in [5.74, 6) is 2.51. The Morgan fingerprint density at radius 1 is 1.29 bits per heavy atom. The molecule has 0 radical (unpaired) electrons. The fraction of sp³-hybridized carbons (Fsp3) is 0.407. The molecule has 0 aliphatic heterocycles. The van der Waals surface area contributed by atoms with Gasteiger partial charge in [0.25, 0.3) is 0 Å². The molecule has 3 aliphatic carbocycles. The Kier molecular flexibility index (Phi) is 5.71. The molecule has 3 atom stereocenters. The molecule has 1 unspecified atom stereocenters. The van der Waals surface area contributed by atoms with Crippen LogP contribution in [0.15, 0.2) is 75.2 Å². The minimum atomic E-state index is -0.301. The van der Waals surface area contributed by atoms with Crippen molar-refractivity contribution < 1.29 is 4.84 Å². The van der Waals surface area contributed by atoms with Gasteiger partial charge in [0.15, 0.2) is 0 Å². The van der Waals surface area contributed by atoms with E-state index in [-0.39, 0.29) is 12.3 Å². The van der Waals surface area contributed by atoms with Gasteiger partial charge in [0.1, 0.15) is 6.61 Å². The lowest BCUT2D eigenvalue weighted by Gasteiger charge is -2.51. The van der Waals surface area contributed by atoms with Gasteiger partial charge >= 0.3 is 5.69 Å². The van der Waals surface area contributed by atoms with Gasteiger partial charge in [-0.1, -0.05) is 61.0 Å². The van der Waals surface area contributed by atoms with E-state index in [1.165, 1.54) is 14.9 Å². The summed E-state index contributed by atoms with van der Waals surface area (Å²) in [6, 6.07) is 5.73. The highest BCUT2D eigenvalue weighted by atomic mass is 16.6. The first-order valence-corrected chi connectivity index (χ1v) is 11.9. The number of tetrazole rings is 1. The smallest absolute Gasteiger partial charge is 0.368 e. The minimum absolute atomic E-state index is 0.236. The Labute approximate surface area is 199 Å². The quantitative estimate of drug-likeness (QED) is 0.475. The number of nitrogens with zero attached hydrogens (tertiary/aromatic N) is 5. The van der Waals surface area contributed by atoms with Crippen LogP contribution in [-0.4, -0.2) is 25.5 Å². The van der Waals surface area contributed by atoms with E-state index in [9.17, 15) is 4.79 Å². The molecule has 1 saturated carbocycles. The molecular weight excluding hydrogens is 426 g/mol. The van der Waals surface area contributed by atoms with Crippen LogP contribution in [0, 0.1) is 30.6 Å². The van der Waals surface area contributed by atoms with E-state index < -0.39 is 0 Å². The summed E-state index contributed by atoms with van der Waals surface area (Å²) in [7, 11) is 1.58. The fourth-order valence-electron chi connectivity index (χ4n) is 5.66. The second-order valence-corrected chi connectivity index (χ2v) is 9.80. The third-order valence-corrected chi connectivity index (χ3v) is 7.38. The van der Waals surface area contributed by atoms with Gasteiger partial charge in [0.2, 0.25) is 0 Å². The molecule has 34 heavy (non-hydrogen) atoms. The van der Waals surface area contributed by atoms with Crippen LogP contribution < -0.4 is 5.69 Å². The molecule has 176 valence electrons. The van der Waals surface area contributed by atoms with Crippen LogP contribution in [0.25, 0.3) is 5.69 Å². The van der Waals surface area contributed by atoms with Crippen molar-refractivity contribution in [1.82, 2.24) is 19.8 Å². The Morgan fingerprint density at radius 2 is 2.12 bits per heavy atom. The van der Waals surface area contributed by atoms with Crippen molar-refractivity contribution in [2.45, 2.75) is 40.7 Å². The number of hydrogen-bond donors (Lipinski definition) is 0. The summed E-state index contributed by atoms with van der Waals surface area (Å²) in [4.78, 5) is 18.2. The largest absolute Gasteiger partial charge is 0.391 e. The Balaban J connectivity index is 1.36. The van der Waals surface area contributed by atoms with Crippen molar-refractivity contribution in [2.75, 3.05) is 0 Å². The Bertz CT molecular complexity index is 1330. The number of allylic oxidation sites excluding steroid dienone is 8. The third-order valence-electron chi connectivity index (χ3n) is 7.38. The highest BCUT2D eigenvalue weighted by Crippen LogP contribution is 2.57. The maximum atomic E-state index is 12.4. The molecule has 0 saturated heterocycles. The second-order valence-electron chi connectivity index (χ2n) is 9.80. The molecule has 3 aliphatic rings. The van der Waals surface area contributed by atoms with Crippen molar-refractivity contribution in [1.29, 1.82) is 0 Å². The molecule has 0 bridgehead atoms. The topological polar surface area (TPSA) is 74.3 Å². The first kappa shape index (κ1) is 22.3. The summed E-state index contributed by atoms with van der Waals surface area (Å²) < 4.78 is 2.50. The lowest BCUT2D eigenvalue weighted by atomic mass is 9.53. The molecule has 1 heterocycles. The second kappa shape index (κ2) is 8.70. The van der Waals surface area contributed by atoms with Crippen LogP contribution in [0.5, 0.6) is 0 Å². The van der Waals surface area contributed by atoms with Gasteiger partial charge < -0.3 is 4.84 Å². The lowest BCUT2D eigenvalue weighted by molar-refractivity contribution is 0.130. The number of rotatable bonds is 6. The van der Waals surface area contributed by atoms with Crippen molar-refractivity contribution in [3.8, 4) is 5.69 Å². The van der Waals surface area contributed by atoms with Crippen LogP contribution in [0.4, 0.5) is 0 Å². The van der Waals surface area contributed by atoms with Gasteiger partial charge in [-0.25, -0.2) is 4.79 Å². The number of benzene rings is 1. The van der Waals surface area contributed by atoms with E-state index in [0.717, 1.165) is 28.8 Å². The van der Waals surface area contributed by atoms with Crippen molar-refractivity contribution in [3.63, 3.8) is 0 Å². The zero-order chi connectivity index (χ0) is 24.0. The monoisotopic (exact) mass is 457 g/mol. The molecule has 2 aromatic rings. The van der Waals surface area contributed by atoms with Crippen LogP contribution in [0.3, 0.4) is 0 Å². The highest BCUT2D eigenvalue weighted by Gasteiger charge is 2.48. The molecule has 7 heteroatoms. The van der Waals surface area contributed by atoms with E-state index in [0.29, 0.717) is 29.4 Å². The number of aryl methyl sites for hydroxylation is 2. The lowest BCUT2D eigenvalue weighted by Crippen LogP contribution is -2.43. The Hall–Kier alpha value is -3.48. The number of aromatic nitrogens is 4. The fourth-order valence-corrected chi connectivity index (χ4v) is 5.66. The van der Waals surface area contributed by atoms with Crippen LogP contribution in [0.2, 0.25) is 0 Å². The molecule has 0 N–H and O–H groups in total. The standard InChI is InChI=1S/C27H31N5O2/c1-16(2)25-21-10-7-9-20-14-19(12-13-22(25)26(20)21)18(4)28-34-15-23-17(3)8-6-11-24(23)32-27(33)31(5)29-30-32/h6-12,14,16,22,25-26H,13,15H2,1-5H3/b28-18-/t22?,25-,26-/m1/s1. The minimum Gasteiger partial charge on any atom is -0.391 e. The average Bonchev–Trinajstić information content (AvgIpc) is 3.01. The van der Waals surface area contributed by atoms with Crippen molar-refractivity contribution in [3.05, 3.63) is 86.9 Å². The van der Waals surface area contributed by atoms with Gasteiger partial charge in [0, 0.05) is 18.5 Å². The molecular formula is C27H31N5O2. The number of hydrogen-bond acceptors (Lipinski definition) is 5. The van der Waals surface area contributed by atoms with Gasteiger partial charge in [0.05, 0.1) is 11.4 Å². The predicted octanol–water partition coefficient (Wildman–Crippen LogP) is 4.44. The SMILES string of the molecule is C/C(=N/OCc1c(C)cccc1-n1nnn(C)c1=O)C1=CCC2[C@@H]3C(=C1)C=CC=C3[C@H]2C(C)C. The summed E-state index contributed by atoms with van der Waals surface area (Å²) in [6.07, 6.45) is 12.4. The van der Waals surface area contributed by atoms with Gasteiger partial charge in [-0.05, 0) is 77.3 Å².